The summed E-state index contributed by atoms with van der Waals surface area (Å²) in [5, 5.41) is 20.5. The average molecular weight is 387 g/mol. The van der Waals surface area contributed by atoms with Crippen molar-refractivity contribution in [3.05, 3.63) is 70.2 Å². The Hall–Kier alpha value is -2.40. The molecule has 0 radical (unpaired) electrons. The first kappa shape index (κ1) is 17.4. The Kier molecular flexibility index (Phi) is 5.66. The van der Waals surface area contributed by atoms with Gasteiger partial charge in [0.2, 0.25) is 5.13 Å². The molecule has 0 saturated carbocycles. The van der Waals surface area contributed by atoms with Gasteiger partial charge < -0.3 is 0 Å². The Balaban J connectivity index is 1.58. The van der Waals surface area contributed by atoms with Crippen molar-refractivity contribution in [2.45, 2.75) is 10.1 Å². The SMILES string of the molecule is N#Cc1ccc(CSc2nnc(NC(=O)c3cccc(Cl)c3)s2)cc1. The number of benzene rings is 2. The number of rotatable bonds is 5. The van der Waals surface area contributed by atoms with Crippen LogP contribution >= 0.6 is 34.7 Å². The molecule has 5 nitrogen and oxygen atoms in total. The topological polar surface area (TPSA) is 78.7 Å². The smallest absolute Gasteiger partial charge is 0.257 e. The lowest BCUT2D eigenvalue weighted by Gasteiger charge is -2.01. The molecule has 1 N–H and O–H groups in total. The molecule has 1 heterocycles. The van der Waals surface area contributed by atoms with Gasteiger partial charge in [-0.2, -0.15) is 5.26 Å². The Bertz CT molecular complexity index is 934. The number of amides is 1. The zero-order chi connectivity index (χ0) is 17.6. The van der Waals surface area contributed by atoms with Crippen molar-refractivity contribution in [1.29, 1.82) is 5.26 Å². The number of anilines is 1. The maximum atomic E-state index is 12.2. The summed E-state index contributed by atoms with van der Waals surface area (Å²) < 4.78 is 0.755. The number of aromatic nitrogens is 2. The Labute approximate surface area is 157 Å². The molecule has 0 aliphatic heterocycles. The Morgan fingerprint density at radius 3 is 2.76 bits per heavy atom. The first-order valence-electron chi connectivity index (χ1n) is 7.16. The van der Waals surface area contributed by atoms with Crippen LogP contribution in [0.15, 0.2) is 52.9 Å². The van der Waals surface area contributed by atoms with E-state index in [2.05, 4.69) is 21.6 Å². The van der Waals surface area contributed by atoms with Crippen LogP contribution in [0.1, 0.15) is 21.5 Å². The largest absolute Gasteiger partial charge is 0.296 e. The summed E-state index contributed by atoms with van der Waals surface area (Å²) in [5.74, 6) is 0.435. The second-order valence-electron chi connectivity index (χ2n) is 4.93. The molecule has 25 heavy (non-hydrogen) atoms. The minimum atomic E-state index is -0.276. The van der Waals surface area contributed by atoms with E-state index >= 15 is 0 Å². The number of halogens is 1. The first-order chi connectivity index (χ1) is 12.1. The number of carbonyl (C=O) groups excluding carboxylic acids is 1. The molecular weight excluding hydrogens is 376 g/mol. The van der Waals surface area contributed by atoms with Crippen molar-refractivity contribution < 1.29 is 4.79 Å². The van der Waals surface area contributed by atoms with E-state index in [9.17, 15) is 4.79 Å². The molecule has 0 atom stereocenters. The highest BCUT2D eigenvalue weighted by Gasteiger charge is 2.11. The predicted octanol–water partition coefficient (Wildman–Crippen LogP) is 4.61. The van der Waals surface area contributed by atoms with E-state index in [0.29, 0.717) is 27.0 Å². The highest BCUT2D eigenvalue weighted by atomic mass is 35.5. The third-order valence-electron chi connectivity index (χ3n) is 3.16. The highest BCUT2D eigenvalue weighted by molar-refractivity contribution is 8.00. The summed E-state index contributed by atoms with van der Waals surface area (Å²) in [6.07, 6.45) is 0. The van der Waals surface area contributed by atoms with Gasteiger partial charge in [-0.25, -0.2) is 0 Å². The van der Waals surface area contributed by atoms with Gasteiger partial charge in [0.1, 0.15) is 0 Å². The van der Waals surface area contributed by atoms with Crippen LogP contribution in [0.4, 0.5) is 5.13 Å². The van der Waals surface area contributed by atoms with Gasteiger partial charge in [0.15, 0.2) is 4.34 Å². The zero-order valence-electron chi connectivity index (χ0n) is 12.8. The summed E-state index contributed by atoms with van der Waals surface area (Å²) in [7, 11) is 0. The Morgan fingerprint density at radius 2 is 2.04 bits per heavy atom. The summed E-state index contributed by atoms with van der Waals surface area (Å²) in [6.45, 7) is 0. The van der Waals surface area contributed by atoms with Crippen LogP contribution in [-0.2, 0) is 5.75 Å². The fraction of sp³-hybridized carbons (Fsp3) is 0.0588. The number of hydrogen-bond donors (Lipinski definition) is 1. The van der Waals surface area contributed by atoms with Gasteiger partial charge in [-0.05, 0) is 35.9 Å². The molecule has 0 saturated heterocycles. The fourth-order valence-corrected chi connectivity index (χ4v) is 3.83. The molecule has 8 heteroatoms. The minimum absolute atomic E-state index is 0.276. The van der Waals surface area contributed by atoms with E-state index < -0.39 is 0 Å². The molecule has 0 fully saturated rings. The second kappa shape index (κ2) is 8.12. The number of hydrogen-bond acceptors (Lipinski definition) is 6. The quantitative estimate of drug-likeness (QED) is 0.511. The number of nitrogens with one attached hydrogen (secondary N) is 1. The van der Waals surface area contributed by atoms with Crippen LogP contribution < -0.4 is 5.32 Å². The van der Waals surface area contributed by atoms with Gasteiger partial charge in [-0.3, -0.25) is 10.1 Å². The van der Waals surface area contributed by atoms with Crippen LogP contribution in [0.2, 0.25) is 5.02 Å². The predicted molar refractivity (Wildman–Crippen MR) is 100 cm³/mol. The lowest BCUT2D eigenvalue weighted by molar-refractivity contribution is 0.102. The molecule has 0 unspecified atom stereocenters. The highest BCUT2D eigenvalue weighted by Crippen LogP contribution is 2.28. The maximum Gasteiger partial charge on any atom is 0.257 e. The van der Waals surface area contributed by atoms with Crippen molar-refractivity contribution in [2.75, 3.05) is 5.32 Å². The molecule has 0 aliphatic carbocycles. The third-order valence-corrected chi connectivity index (χ3v) is 5.44. The fourth-order valence-electron chi connectivity index (χ4n) is 1.94. The molecule has 1 amide bonds. The van der Waals surface area contributed by atoms with Gasteiger partial charge >= 0.3 is 0 Å². The molecule has 2 aromatic carbocycles. The zero-order valence-corrected chi connectivity index (χ0v) is 15.2. The minimum Gasteiger partial charge on any atom is -0.296 e. The summed E-state index contributed by atoms with van der Waals surface area (Å²) in [4.78, 5) is 12.2. The average Bonchev–Trinajstić information content (AvgIpc) is 3.08. The van der Waals surface area contributed by atoms with Gasteiger partial charge in [0.25, 0.3) is 5.91 Å². The Morgan fingerprint density at radius 1 is 1.24 bits per heavy atom. The van der Waals surface area contributed by atoms with E-state index in [1.165, 1.54) is 23.1 Å². The molecule has 0 aliphatic rings. The molecule has 0 spiro atoms. The summed E-state index contributed by atoms with van der Waals surface area (Å²) >= 11 is 8.72. The van der Waals surface area contributed by atoms with E-state index in [0.717, 1.165) is 9.90 Å². The monoisotopic (exact) mass is 386 g/mol. The van der Waals surface area contributed by atoms with Crippen molar-refractivity contribution in [1.82, 2.24) is 10.2 Å². The van der Waals surface area contributed by atoms with Crippen molar-refractivity contribution >= 4 is 45.7 Å². The second-order valence-corrected chi connectivity index (χ2v) is 7.57. The standard InChI is InChI=1S/C17H11ClN4OS2/c18-14-3-1-2-13(8-14)15(23)20-16-21-22-17(25-16)24-10-12-6-4-11(9-19)5-7-12/h1-8H,10H2,(H,20,21,23). The van der Waals surface area contributed by atoms with Crippen LogP contribution in [-0.4, -0.2) is 16.1 Å². The molecule has 1 aromatic heterocycles. The van der Waals surface area contributed by atoms with Gasteiger partial charge in [-0.1, -0.05) is 52.9 Å². The van der Waals surface area contributed by atoms with Crippen LogP contribution in [0.3, 0.4) is 0 Å². The first-order valence-corrected chi connectivity index (χ1v) is 9.34. The number of nitriles is 1. The summed E-state index contributed by atoms with van der Waals surface area (Å²) in [6, 6.07) is 16.2. The molecule has 0 bridgehead atoms. The molecular formula is C17H11ClN4OS2. The third kappa shape index (κ3) is 4.79. The maximum absolute atomic E-state index is 12.2. The van der Waals surface area contributed by atoms with E-state index in [4.69, 9.17) is 16.9 Å². The number of carbonyl (C=O) groups is 1. The van der Waals surface area contributed by atoms with E-state index in [1.807, 2.05) is 12.1 Å². The lowest BCUT2D eigenvalue weighted by Crippen LogP contribution is -2.11. The lowest BCUT2D eigenvalue weighted by atomic mass is 10.2. The van der Waals surface area contributed by atoms with E-state index in [1.54, 1.807) is 36.4 Å². The van der Waals surface area contributed by atoms with Gasteiger partial charge in [0.05, 0.1) is 11.6 Å². The van der Waals surface area contributed by atoms with Crippen molar-refractivity contribution in [2.24, 2.45) is 0 Å². The van der Waals surface area contributed by atoms with Crippen LogP contribution in [0, 0.1) is 11.3 Å². The number of thioether (sulfide) groups is 1. The normalized spacial score (nSPS) is 10.2. The van der Waals surface area contributed by atoms with Crippen LogP contribution in [0.25, 0.3) is 0 Å². The molecule has 3 aromatic rings. The van der Waals surface area contributed by atoms with Crippen molar-refractivity contribution in [3.8, 4) is 6.07 Å². The van der Waals surface area contributed by atoms with Gasteiger partial charge in [-0.15, -0.1) is 10.2 Å². The summed E-state index contributed by atoms with van der Waals surface area (Å²) in [5.41, 5.74) is 2.19. The molecule has 3 rings (SSSR count). The number of nitrogens with zero attached hydrogens (tertiary/aromatic N) is 3. The van der Waals surface area contributed by atoms with Crippen molar-refractivity contribution in [3.63, 3.8) is 0 Å². The van der Waals surface area contributed by atoms with Crippen LogP contribution in [0.5, 0.6) is 0 Å². The molecule has 124 valence electrons. The van der Waals surface area contributed by atoms with Gasteiger partial charge in [0, 0.05) is 16.3 Å². The van der Waals surface area contributed by atoms with E-state index in [-0.39, 0.29) is 5.91 Å².